The van der Waals surface area contributed by atoms with Crippen molar-refractivity contribution in [2.75, 3.05) is 6.54 Å². The maximum Gasteiger partial charge on any atom is 0.00413 e. The van der Waals surface area contributed by atoms with Gasteiger partial charge in [0.15, 0.2) is 0 Å². The quantitative estimate of drug-likeness (QED) is 0.592. The van der Waals surface area contributed by atoms with Crippen LogP contribution in [0.15, 0.2) is 0 Å². The van der Waals surface area contributed by atoms with Crippen LogP contribution >= 0.6 is 0 Å². The zero-order valence-electron chi connectivity index (χ0n) is 10.6. The number of hydrogen-bond acceptors (Lipinski definition) is 1. The lowest BCUT2D eigenvalue weighted by Gasteiger charge is -2.20. The van der Waals surface area contributed by atoms with Crippen LogP contribution in [0.2, 0.25) is 0 Å². The molecule has 0 heterocycles. The van der Waals surface area contributed by atoms with Crippen molar-refractivity contribution < 1.29 is 0 Å². The molecule has 0 aliphatic carbocycles. The van der Waals surface area contributed by atoms with Crippen LogP contribution in [0.4, 0.5) is 0 Å². The summed E-state index contributed by atoms with van der Waals surface area (Å²) in [5.41, 5.74) is 0. The first-order valence-corrected chi connectivity index (χ1v) is 6.47. The minimum Gasteiger partial charge on any atom is -0.314 e. The number of hydrogen-bond donors (Lipinski definition) is 1. The maximum atomic E-state index is 3.57. The Bertz CT molecular complexity index is 112. The molecule has 0 fully saturated rings. The van der Waals surface area contributed by atoms with Gasteiger partial charge in [0.25, 0.3) is 0 Å². The van der Waals surface area contributed by atoms with E-state index in [0.29, 0.717) is 6.04 Å². The lowest BCUT2D eigenvalue weighted by molar-refractivity contribution is 0.362. The predicted molar refractivity (Wildman–Crippen MR) is 65.7 cm³/mol. The summed E-state index contributed by atoms with van der Waals surface area (Å²) in [6, 6.07) is 0.705. The SMILES string of the molecule is CCCCC(CC)CC(C)NCCC. The third-order valence-corrected chi connectivity index (χ3v) is 2.97. The van der Waals surface area contributed by atoms with Crippen molar-refractivity contribution in [3.63, 3.8) is 0 Å². The standard InChI is InChI=1S/C13H29N/c1-5-8-9-13(7-3)11-12(4)14-10-6-2/h12-14H,5-11H2,1-4H3. The Morgan fingerprint density at radius 2 is 1.79 bits per heavy atom. The van der Waals surface area contributed by atoms with Gasteiger partial charge in [0.05, 0.1) is 0 Å². The van der Waals surface area contributed by atoms with E-state index in [9.17, 15) is 0 Å². The minimum atomic E-state index is 0.705. The van der Waals surface area contributed by atoms with Gasteiger partial charge >= 0.3 is 0 Å². The summed E-state index contributed by atoms with van der Waals surface area (Å²) in [5.74, 6) is 0.939. The summed E-state index contributed by atoms with van der Waals surface area (Å²) in [6.45, 7) is 10.3. The molecule has 0 radical (unpaired) electrons. The fourth-order valence-electron chi connectivity index (χ4n) is 1.96. The van der Waals surface area contributed by atoms with E-state index in [1.165, 1.54) is 45.1 Å². The highest BCUT2D eigenvalue weighted by molar-refractivity contribution is 4.67. The van der Waals surface area contributed by atoms with Gasteiger partial charge in [-0.1, -0.05) is 46.5 Å². The van der Waals surface area contributed by atoms with Gasteiger partial charge in [-0.05, 0) is 32.2 Å². The number of rotatable bonds is 9. The van der Waals surface area contributed by atoms with E-state index in [1.807, 2.05) is 0 Å². The van der Waals surface area contributed by atoms with Crippen LogP contribution < -0.4 is 5.32 Å². The average Bonchev–Trinajstić information content (AvgIpc) is 2.21. The normalized spacial score (nSPS) is 15.4. The predicted octanol–water partition coefficient (Wildman–Crippen LogP) is 3.98. The molecular formula is C13H29N. The van der Waals surface area contributed by atoms with Crippen LogP contribution in [0.5, 0.6) is 0 Å². The van der Waals surface area contributed by atoms with E-state index in [0.717, 1.165) is 5.92 Å². The van der Waals surface area contributed by atoms with Crippen LogP contribution in [0.25, 0.3) is 0 Å². The molecule has 0 saturated heterocycles. The molecule has 0 rings (SSSR count). The molecule has 0 bridgehead atoms. The fraction of sp³-hybridized carbons (Fsp3) is 1.00. The van der Waals surface area contributed by atoms with Gasteiger partial charge in [0.1, 0.15) is 0 Å². The van der Waals surface area contributed by atoms with Gasteiger partial charge in [0.2, 0.25) is 0 Å². The molecule has 0 aromatic heterocycles. The zero-order chi connectivity index (χ0) is 10.8. The van der Waals surface area contributed by atoms with Gasteiger partial charge in [-0.2, -0.15) is 0 Å². The first-order chi connectivity index (χ1) is 6.74. The Morgan fingerprint density at radius 1 is 1.07 bits per heavy atom. The van der Waals surface area contributed by atoms with E-state index < -0.39 is 0 Å². The summed E-state index contributed by atoms with van der Waals surface area (Å²) in [5, 5.41) is 3.57. The Kier molecular flexibility index (Phi) is 9.49. The molecule has 0 amide bonds. The Labute approximate surface area is 90.7 Å². The Hall–Kier alpha value is -0.0400. The van der Waals surface area contributed by atoms with Crippen LogP contribution in [0.3, 0.4) is 0 Å². The lowest BCUT2D eigenvalue weighted by Crippen LogP contribution is -2.28. The molecule has 0 aliphatic heterocycles. The third kappa shape index (κ3) is 7.37. The van der Waals surface area contributed by atoms with E-state index in [1.54, 1.807) is 0 Å². The molecule has 0 aliphatic rings. The molecule has 2 unspecified atom stereocenters. The maximum absolute atomic E-state index is 3.57. The van der Waals surface area contributed by atoms with Gasteiger partial charge in [0, 0.05) is 6.04 Å². The van der Waals surface area contributed by atoms with Crippen molar-refractivity contribution in [3.05, 3.63) is 0 Å². The first kappa shape index (κ1) is 14.0. The number of nitrogens with one attached hydrogen (secondary N) is 1. The second kappa shape index (κ2) is 9.51. The largest absolute Gasteiger partial charge is 0.314 e. The van der Waals surface area contributed by atoms with Crippen molar-refractivity contribution in [2.24, 2.45) is 5.92 Å². The van der Waals surface area contributed by atoms with Crippen LogP contribution in [0.1, 0.15) is 66.2 Å². The fourth-order valence-corrected chi connectivity index (χ4v) is 1.96. The van der Waals surface area contributed by atoms with Crippen molar-refractivity contribution in [1.29, 1.82) is 0 Å². The molecule has 86 valence electrons. The summed E-state index contributed by atoms with van der Waals surface area (Å²) in [6.07, 6.45) is 8.11. The highest BCUT2D eigenvalue weighted by Crippen LogP contribution is 2.18. The zero-order valence-corrected chi connectivity index (χ0v) is 10.6. The second-order valence-corrected chi connectivity index (χ2v) is 4.51. The summed E-state index contributed by atoms with van der Waals surface area (Å²) < 4.78 is 0. The summed E-state index contributed by atoms with van der Waals surface area (Å²) in [4.78, 5) is 0. The van der Waals surface area contributed by atoms with Crippen molar-refractivity contribution in [3.8, 4) is 0 Å². The van der Waals surface area contributed by atoms with Crippen LogP contribution in [-0.4, -0.2) is 12.6 Å². The third-order valence-electron chi connectivity index (χ3n) is 2.97. The first-order valence-electron chi connectivity index (χ1n) is 6.47. The van der Waals surface area contributed by atoms with Crippen LogP contribution in [0, 0.1) is 5.92 Å². The molecule has 0 aromatic carbocycles. The van der Waals surface area contributed by atoms with E-state index in [4.69, 9.17) is 0 Å². The Balaban J connectivity index is 3.57. The van der Waals surface area contributed by atoms with Gasteiger partial charge in [-0.25, -0.2) is 0 Å². The highest BCUT2D eigenvalue weighted by atomic mass is 14.9. The topological polar surface area (TPSA) is 12.0 Å². The summed E-state index contributed by atoms with van der Waals surface area (Å²) in [7, 11) is 0. The Morgan fingerprint density at radius 3 is 2.29 bits per heavy atom. The molecule has 2 atom stereocenters. The molecular weight excluding hydrogens is 170 g/mol. The molecule has 1 nitrogen and oxygen atoms in total. The van der Waals surface area contributed by atoms with Gasteiger partial charge < -0.3 is 5.32 Å². The minimum absolute atomic E-state index is 0.705. The molecule has 0 saturated carbocycles. The summed E-state index contributed by atoms with van der Waals surface area (Å²) >= 11 is 0. The monoisotopic (exact) mass is 199 g/mol. The molecule has 0 spiro atoms. The second-order valence-electron chi connectivity index (χ2n) is 4.51. The van der Waals surface area contributed by atoms with Crippen LogP contribution in [-0.2, 0) is 0 Å². The van der Waals surface area contributed by atoms with Crippen molar-refractivity contribution >= 4 is 0 Å². The van der Waals surface area contributed by atoms with Gasteiger partial charge in [-0.15, -0.1) is 0 Å². The van der Waals surface area contributed by atoms with Crippen molar-refractivity contribution in [1.82, 2.24) is 5.32 Å². The molecule has 1 heteroatoms. The lowest BCUT2D eigenvalue weighted by atomic mass is 9.92. The van der Waals surface area contributed by atoms with E-state index >= 15 is 0 Å². The number of unbranched alkanes of at least 4 members (excludes halogenated alkanes) is 1. The van der Waals surface area contributed by atoms with E-state index in [2.05, 4.69) is 33.0 Å². The highest BCUT2D eigenvalue weighted by Gasteiger charge is 2.10. The molecule has 14 heavy (non-hydrogen) atoms. The molecule has 1 N–H and O–H groups in total. The van der Waals surface area contributed by atoms with E-state index in [-0.39, 0.29) is 0 Å². The van der Waals surface area contributed by atoms with Gasteiger partial charge in [-0.3, -0.25) is 0 Å². The average molecular weight is 199 g/mol. The van der Waals surface area contributed by atoms with Crippen molar-refractivity contribution in [2.45, 2.75) is 72.3 Å². The molecule has 0 aromatic rings. The smallest absolute Gasteiger partial charge is 0.00413 e.